The quantitative estimate of drug-likeness (QED) is 0.267. The predicted octanol–water partition coefficient (Wildman–Crippen LogP) is 6.17. The van der Waals surface area contributed by atoms with E-state index in [9.17, 15) is 31.1 Å². The number of hydroxylamine groups is 2. The van der Waals surface area contributed by atoms with Crippen molar-refractivity contribution in [3.8, 4) is 0 Å². The minimum Gasteiger partial charge on any atom is -0.374 e. The van der Waals surface area contributed by atoms with Crippen molar-refractivity contribution in [2.45, 2.75) is 51.4 Å². The summed E-state index contributed by atoms with van der Waals surface area (Å²) in [6.45, 7) is 4.39. The third kappa shape index (κ3) is 7.52. The Hall–Kier alpha value is -2.59. The normalized spacial score (nSPS) is 13.7. The number of benzene rings is 2. The fraction of sp³-hybridized carbons (Fsp3) is 0.409. The SMILES string of the molecule is CC(C)(C)ON(C=O)[C@H](COCc1cc(C(F)(F)F)cc(C(F)(F)F)c1)c1ccccc1. The Morgan fingerprint density at radius 1 is 0.906 bits per heavy atom. The van der Waals surface area contributed by atoms with Crippen LogP contribution in [-0.4, -0.2) is 23.7 Å². The number of alkyl halides is 6. The molecule has 0 aromatic heterocycles. The first-order valence-electron chi connectivity index (χ1n) is 9.54. The van der Waals surface area contributed by atoms with Crippen molar-refractivity contribution in [2.24, 2.45) is 0 Å². The topological polar surface area (TPSA) is 38.8 Å². The van der Waals surface area contributed by atoms with Gasteiger partial charge in [0.2, 0.25) is 6.41 Å². The molecule has 0 aliphatic carbocycles. The number of ether oxygens (including phenoxy) is 1. The molecule has 10 heteroatoms. The standard InChI is InChI=1S/C22H23F6NO3/c1-20(2,3)32-29(14-30)19(16-7-5-4-6-8-16)13-31-12-15-9-17(21(23,24)25)11-18(10-15)22(26,27)28/h4-11,14,19H,12-13H2,1-3H3/t19-/m1/s1. The molecule has 176 valence electrons. The largest absolute Gasteiger partial charge is 0.416 e. The molecule has 0 fully saturated rings. The number of carbonyl (C=O) groups is 1. The van der Waals surface area contributed by atoms with Crippen LogP contribution < -0.4 is 0 Å². The molecule has 0 unspecified atom stereocenters. The van der Waals surface area contributed by atoms with Crippen LogP contribution in [0.1, 0.15) is 49.1 Å². The molecular weight excluding hydrogens is 440 g/mol. The molecule has 0 bridgehead atoms. The molecule has 2 aromatic carbocycles. The number of rotatable bonds is 8. The Labute approximate surface area is 181 Å². The minimum absolute atomic E-state index is 0.0571. The average molecular weight is 463 g/mol. The van der Waals surface area contributed by atoms with E-state index in [0.717, 1.165) is 5.06 Å². The Morgan fingerprint density at radius 2 is 1.44 bits per heavy atom. The highest BCUT2D eigenvalue weighted by Gasteiger charge is 2.37. The van der Waals surface area contributed by atoms with Crippen LogP contribution in [0.25, 0.3) is 0 Å². The Bertz CT molecular complexity index is 859. The molecular formula is C22H23F6NO3. The zero-order chi connectivity index (χ0) is 24.2. The van der Waals surface area contributed by atoms with E-state index in [0.29, 0.717) is 24.1 Å². The molecule has 1 amide bonds. The van der Waals surface area contributed by atoms with E-state index in [2.05, 4.69) is 0 Å². The first-order chi connectivity index (χ1) is 14.7. The summed E-state index contributed by atoms with van der Waals surface area (Å²) in [5.41, 5.74) is -3.26. The number of nitrogens with zero attached hydrogens (tertiary/aromatic N) is 1. The summed E-state index contributed by atoms with van der Waals surface area (Å²) in [4.78, 5) is 17.3. The lowest BCUT2D eigenvalue weighted by atomic mass is 10.0. The summed E-state index contributed by atoms with van der Waals surface area (Å²) >= 11 is 0. The first kappa shape index (κ1) is 25.7. The zero-order valence-corrected chi connectivity index (χ0v) is 17.6. The van der Waals surface area contributed by atoms with Gasteiger partial charge in [0.25, 0.3) is 0 Å². The third-order valence-electron chi connectivity index (χ3n) is 4.17. The van der Waals surface area contributed by atoms with Gasteiger partial charge >= 0.3 is 12.4 Å². The lowest BCUT2D eigenvalue weighted by Crippen LogP contribution is -2.37. The lowest BCUT2D eigenvalue weighted by molar-refractivity contribution is -0.239. The minimum atomic E-state index is -4.95. The summed E-state index contributed by atoms with van der Waals surface area (Å²) < 4.78 is 83.7. The monoisotopic (exact) mass is 463 g/mol. The molecule has 0 aliphatic heterocycles. The van der Waals surface area contributed by atoms with E-state index in [-0.39, 0.29) is 18.2 Å². The molecule has 4 nitrogen and oxygen atoms in total. The van der Waals surface area contributed by atoms with Crippen LogP contribution in [0.5, 0.6) is 0 Å². The highest BCUT2D eigenvalue weighted by atomic mass is 19.4. The van der Waals surface area contributed by atoms with Crippen molar-refractivity contribution in [3.63, 3.8) is 0 Å². The summed E-state index contributed by atoms with van der Waals surface area (Å²) in [7, 11) is 0. The van der Waals surface area contributed by atoms with E-state index < -0.39 is 41.7 Å². The summed E-state index contributed by atoms with van der Waals surface area (Å²) in [5, 5.41) is 1.02. The van der Waals surface area contributed by atoms with Gasteiger partial charge < -0.3 is 4.74 Å². The van der Waals surface area contributed by atoms with Crippen LogP contribution in [0.4, 0.5) is 26.3 Å². The van der Waals surface area contributed by atoms with E-state index in [4.69, 9.17) is 9.57 Å². The van der Waals surface area contributed by atoms with E-state index in [1.165, 1.54) is 0 Å². The predicted molar refractivity (Wildman–Crippen MR) is 104 cm³/mol. The molecule has 1 atom stereocenters. The second-order valence-corrected chi connectivity index (χ2v) is 8.02. The molecule has 0 saturated carbocycles. The van der Waals surface area contributed by atoms with Crippen molar-refractivity contribution in [2.75, 3.05) is 6.61 Å². The molecule has 0 spiro atoms. The number of halogens is 6. The fourth-order valence-corrected chi connectivity index (χ4v) is 2.86. The molecule has 32 heavy (non-hydrogen) atoms. The van der Waals surface area contributed by atoms with E-state index >= 15 is 0 Å². The number of carbonyl (C=O) groups excluding carboxylic acids is 1. The molecule has 0 N–H and O–H groups in total. The van der Waals surface area contributed by atoms with Crippen LogP contribution in [-0.2, 0) is 33.3 Å². The highest BCUT2D eigenvalue weighted by Crippen LogP contribution is 2.36. The summed E-state index contributed by atoms with van der Waals surface area (Å²) in [5.74, 6) is 0. The molecule has 0 radical (unpaired) electrons. The number of amides is 1. The van der Waals surface area contributed by atoms with Gasteiger partial charge in [0.05, 0.1) is 29.9 Å². The maximum Gasteiger partial charge on any atom is 0.416 e. The Balaban J connectivity index is 2.26. The third-order valence-corrected chi connectivity index (χ3v) is 4.17. The maximum atomic E-state index is 13.0. The van der Waals surface area contributed by atoms with Crippen LogP contribution >= 0.6 is 0 Å². The smallest absolute Gasteiger partial charge is 0.374 e. The fourth-order valence-electron chi connectivity index (χ4n) is 2.86. The summed E-state index contributed by atoms with van der Waals surface area (Å²) in [6.07, 6.45) is -9.45. The molecule has 0 saturated heterocycles. The first-order valence-corrected chi connectivity index (χ1v) is 9.54. The van der Waals surface area contributed by atoms with Gasteiger partial charge in [0, 0.05) is 0 Å². The van der Waals surface area contributed by atoms with Gasteiger partial charge in [-0.25, -0.2) is 5.06 Å². The van der Waals surface area contributed by atoms with Gasteiger partial charge in [-0.2, -0.15) is 26.3 Å². The molecule has 2 aromatic rings. The average Bonchev–Trinajstić information content (AvgIpc) is 2.68. The second kappa shape index (κ2) is 9.91. The van der Waals surface area contributed by atoms with Crippen LogP contribution in [0.2, 0.25) is 0 Å². The van der Waals surface area contributed by atoms with Crippen LogP contribution in [0, 0.1) is 0 Å². The Kier molecular flexibility index (Phi) is 7.95. The maximum absolute atomic E-state index is 13.0. The highest BCUT2D eigenvalue weighted by molar-refractivity contribution is 5.47. The lowest BCUT2D eigenvalue weighted by Gasteiger charge is -2.33. The second-order valence-electron chi connectivity index (χ2n) is 8.02. The van der Waals surface area contributed by atoms with Gasteiger partial charge in [-0.1, -0.05) is 30.3 Å². The van der Waals surface area contributed by atoms with Gasteiger partial charge in [0.15, 0.2) is 0 Å². The van der Waals surface area contributed by atoms with E-state index in [1.54, 1.807) is 51.1 Å². The van der Waals surface area contributed by atoms with Crippen molar-refractivity contribution < 1.29 is 40.7 Å². The van der Waals surface area contributed by atoms with Crippen LogP contribution in [0.3, 0.4) is 0 Å². The molecule has 0 aliphatic rings. The van der Waals surface area contributed by atoms with Gasteiger partial charge in [0.1, 0.15) is 6.04 Å². The number of hydrogen-bond donors (Lipinski definition) is 0. The van der Waals surface area contributed by atoms with Crippen LogP contribution in [0.15, 0.2) is 48.5 Å². The van der Waals surface area contributed by atoms with Crippen molar-refractivity contribution >= 4 is 6.41 Å². The summed E-state index contributed by atoms with van der Waals surface area (Å²) in [6, 6.07) is 9.06. The number of hydrogen-bond acceptors (Lipinski definition) is 3. The van der Waals surface area contributed by atoms with Crippen molar-refractivity contribution in [1.29, 1.82) is 0 Å². The van der Waals surface area contributed by atoms with Crippen molar-refractivity contribution in [3.05, 3.63) is 70.8 Å². The Morgan fingerprint density at radius 3 is 1.88 bits per heavy atom. The van der Waals surface area contributed by atoms with Gasteiger partial charge in [-0.15, -0.1) is 0 Å². The molecule has 0 heterocycles. The van der Waals surface area contributed by atoms with E-state index in [1.807, 2.05) is 0 Å². The molecule has 2 rings (SSSR count). The van der Waals surface area contributed by atoms with Crippen molar-refractivity contribution in [1.82, 2.24) is 5.06 Å². The zero-order valence-electron chi connectivity index (χ0n) is 17.6. The van der Waals surface area contributed by atoms with Gasteiger partial charge in [-0.3, -0.25) is 9.63 Å². The van der Waals surface area contributed by atoms with Gasteiger partial charge in [-0.05, 0) is 50.1 Å².